The fourth-order valence-electron chi connectivity index (χ4n) is 4.12. The normalized spacial score (nSPS) is 14.1. The zero-order valence-corrected chi connectivity index (χ0v) is 18.2. The van der Waals surface area contributed by atoms with Crippen LogP contribution >= 0.6 is 0 Å². The number of anilines is 1. The summed E-state index contributed by atoms with van der Waals surface area (Å²) in [6.45, 7) is 0.554. The molecule has 0 aliphatic heterocycles. The first-order valence-corrected chi connectivity index (χ1v) is 11.2. The van der Waals surface area contributed by atoms with Crippen molar-refractivity contribution in [2.24, 2.45) is 5.10 Å². The summed E-state index contributed by atoms with van der Waals surface area (Å²) in [4.78, 5) is 26.6. The predicted octanol–water partition coefficient (Wildman–Crippen LogP) is 4.06. The molecule has 8 nitrogen and oxygen atoms in total. The highest BCUT2D eigenvalue weighted by molar-refractivity contribution is 6.10. The molecule has 4 aromatic rings. The monoisotopic (exact) mass is 439 g/mol. The highest BCUT2D eigenvalue weighted by Gasteiger charge is 2.24. The number of rotatable bonds is 6. The number of pyridine rings is 1. The molecule has 1 aliphatic carbocycles. The number of hydrogen-bond donors (Lipinski definition) is 2. The Morgan fingerprint density at radius 3 is 2.67 bits per heavy atom. The van der Waals surface area contributed by atoms with Gasteiger partial charge in [-0.25, -0.2) is 9.97 Å². The van der Waals surface area contributed by atoms with Crippen molar-refractivity contribution < 1.29 is 4.79 Å². The fraction of sp³-hybridized carbons (Fsp3) is 0.240. The number of amides is 1. The molecule has 0 spiro atoms. The molecule has 0 atom stereocenters. The van der Waals surface area contributed by atoms with Gasteiger partial charge >= 0.3 is 0 Å². The van der Waals surface area contributed by atoms with Crippen LogP contribution in [-0.2, 0) is 0 Å². The van der Waals surface area contributed by atoms with Crippen molar-refractivity contribution in [3.8, 4) is 0 Å². The molecular weight excluding hydrogens is 414 g/mol. The molecule has 0 fully saturated rings. The zero-order valence-electron chi connectivity index (χ0n) is 18.2. The van der Waals surface area contributed by atoms with Gasteiger partial charge in [0, 0.05) is 18.9 Å². The molecule has 1 amide bonds. The molecule has 3 N–H and O–H groups in total. The second-order valence-electron chi connectivity index (χ2n) is 8.10. The average Bonchev–Trinajstić information content (AvgIpc) is 3.12. The standard InChI is InChI=1S/C25H25N7O/c26-23-21(25(33)28-15-12-17-6-2-1-3-7-17)22-24(31-20-9-5-4-8-19(20)30-22)32(23)29-16-18-10-13-27-14-11-18/h4-6,8-11,13-14,16H,1-3,7,12,15,26H2,(H,28,33)/b29-16+. The Labute approximate surface area is 191 Å². The lowest BCUT2D eigenvalue weighted by Gasteiger charge is -2.12. The molecule has 3 aromatic heterocycles. The minimum Gasteiger partial charge on any atom is -0.383 e. The lowest BCUT2D eigenvalue weighted by Crippen LogP contribution is -2.25. The summed E-state index contributed by atoms with van der Waals surface area (Å²) in [7, 11) is 0. The van der Waals surface area contributed by atoms with Crippen LogP contribution in [0.4, 0.5) is 5.82 Å². The second kappa shape index (κ2) is 9.20. The van der Waals surface area contributed by atoms with Gasteiger partial charge in [-0.15, -0.1) is 0 Å². The largest absolute Gasteiger partial charge is 0.383 e. The number of aromatic nitrogens is 4. The number of carbonyl (C=O) groups excluding carboxylic acids is 1. The summed E-state index contributed by atoms with van der Waals surface area (Å²) in [5.41, 5.74) is 11.3. The number of hydrogen-bond acceptors (Lipinski definition) is 6. The Morgan fingerprint density at radius 2 is 1.91 bits per heavy atom. The first-order valence-electron chi connectivity index (χ1n) is 11.2. The van der Waals surface area contributed by atoms with Crippen LogP contribution in [0.15, 0.2) is 65.5 Å². The van der Waals surface area contributed by atoms with E-state index in [1.54, 1.807) is 18.6 Å². The van der Waals surface area contributed by atoms with Gasteiger partial charge in [-0.2, -0.15) is 9.78 Å². The molecule has 0 saturated heterocycles. The van der Waals surface area contributed by atoms with Gasteiger partial charge in [0.15, 0.2) is 5.65 Å². The Hall–Kier alpha value is -4.07. The number of benzene rings is 1. The minimum atomic E-state index is -0.267. The molecule has 1 aromatic carbocycles. The van der Waals surface area contributed by atoms with E-state index in [0.29, 0.717) is 34.3 Å². The van der Waals surface area contributed by atoms with Crippen LogP contribution in [0.25, 0.3) is 22.2 Å². The van der Waals surface area contributed by atoms with Gasteiger partial charge in [-0.1, -0.05) is 23.8 Å². The van der Waals surface area contributed by atoms with Crippen LogP contribution in [0.5, 0.6) is 0 Å². The number of nitrogens with zero attached hydrogens (tertiary/aromatic N) is 5. The number of fused-ring (bicyclic) bond motifs is 2. The fourth-order valence-corrected chi connectivity index (χ4v) is 4.12. The SMILES string of the molecule is Nc1c(C(=O)NCCC2=CCCCC2)c2nc3ccccc3nc2n1/N=C/c1ccncc1. The van der Waals surface area contributed by atoms with Gasteiger partial charge in [-0.3, -0.25) is 9.78 Å². The molecule has 0 radical (unpaired) electrons. The van der Waals surface area contributed by atoms with E-state index in [2.05, 4.69) is 21.5 Å². The zero-order chi connectivity index (χ0) is 22.6. The van der Waals surface area contributed by atoms with Gasteiger partial charge in [0.25, 0.3) is 5.91 Å². The van der Waals surface area contributed by atoms with E-state index >= 15 is 0 Å². The maximum absolute atomic E-state index is 13.2. The second-order valence-corrected chi connectivity index (χ2v) is 8.10. The molecule has 1 aliphatic rings. The van der Waals surface area contributed by atoms with E-state index in [1.807, 2.05) is 36.4 Å². The highest BCUT2D eigenvalue weighted by atomic mass is 16.1. The molecule has 5 rings (SSSR count). The van der Waals surface area contributed by atoms with Crippen LogP contribution < -0.4 is 11.1 Å². The third kappa shape index (κ3) is 4.32. The number of carbonyl (C=O) groups is 1. The summed E-state index contributed by atoms with van der Waals surface area (Å²) in [5.74, 6) is -0.0589. The third-order valence-electron chi connectivity index (χ3n) is 5.85. The molecule has 0 bridgehead atoms. The lowest BCUT2D eigenvalue weighted by molar-refractivity contribution is 0.0956. The van der Waals surface area contributed by atoms with Crippen LogP contribution in [-0.4, -0.2) is 38.3 Å². The Morgan fingerprint density at radius 1 is 1.12 bits per heavy atom. The summed E-state index contributed by atoms with van der Waals surface area (Å²) in [6, 6.07) is 11.2. The average molecular weight is 440 g/mol. The van der Waals surface area contributed by atoms with E-state index < -0.39 is 0 Å². The van der Waals surface area contributed by atoms with E-state index in [1.165, 1.54) is 23.1 Å². The van der Waals surface area contributed by atoms with Crippen molar-refractivity contribution in [2.45, 2.75) is 32.1 Å². The van der Waals surface area contributed by atoms with Gasteiger partial charge in [0.2, 0.25) is 0 Å². The maximum Gasteiger partial charge on any atom is 0.257 e. The minimum absolute atomic E-state index is 0.208. The molecule has 3 heterocycles. The number of allylic oxidation sites excluding steroid dienone is 1. The number of nitrogen functional groups attached to an aromatic ring is 1. The molecule has 166 valence electrons. The quantitative estimate of drug-likeness (QED) is 0.348. The molecular formula is C25H25N7O. The van der Waals surface area contributed by atoms with Crippen LogP contribution in [0.1, 0.15) is 48.0 Å². The summed E-state index contributed by atoms with van der Waals surface area (Å²) < 4.78 is 1.48. The van der Waals surface area contributed by atoms with Crippen LogP contribution in [0, 0.1) is 0 Å². The van der Waals surface area contributed by atoms with Crippen molar-refractivity contribution >= 4 is 40.1 Å². The maximum atomic E-state index is 13.2. The summed E-state index contributed by atoms with van der Waals surface area (Å²) in [6.07, 6.45) is 12.9. The van der Waals surface area contributed by atoms with Crippen LogP contribution in [0.3, 0.4) is 0 Å². The topological polar surface area (TPSA) is 111 Å². The summed E-state index contributed by atoms with van der Waals surface area (Å²) >= 11 is 0. The third-order valence-corrected chi connectivity index (χ3v) is 5.85. The van der Waals surface area contributed by atoms with Crippen molar-refractivity contribution in [1.29, 1.82) is 0 Å². The van der Waals surface area contributed by atoms with Gasteiger partial charge in [-0.05, 0) is 61.9 Å². The summed E-state index contributed by atoms with van der Waals surface area (Å²) in [5, 5.41) is 7.53. The van der Waals surface area contributed by atoms with Crippen LogP contribution in [0.2, 0.25) is 0 Å². The van der Waals surface area contributed by atoms with E-state index in [0.717, 1.165) is 24.8 Å². The lowest BCUT2D eigenvalue weighted by atomic mass is 9.97. The Balaban J connectivity index is 1.52. The van der Waals surface area contributed by atoms with E-state index in [9.17, 15) is 4.79 Å². The van der Waals surface area contributed by atoms with E-state index in [-0.39, 0.29) is 11.7 Å². The smallest absolute Gasteiger partial charge is 0.257 e. The Bertz CT molecular complexity index is 1370. The first kappa shape index (κ1) is 20.8. The van der Waals surface area contributed by atoms with Gasteiger partial charge in [0.1, 0.15) is 16.9 Å². The molecule has 8 heteroatoms. The Kier molecular flexibility index (Phi) is 5.80. The number of nitrogens with one attached hydrogen (secondary N) is 1. The van der Waals surface area contributed by atoms with E-state index in [4.69, 9.17) is 15.7 Å². The number of nitrogens with two attached hydrogens (primary N) is 1. The molecule has 33 heavy (non-hydrogen) atoms. The van der Waals surface area contributed by atoms with Crippen molar-refractivity contribution in [1.82, 2.24) is 24.9 Å². The highest BCUT2D eigenvalue weighted by Crippen LogP contribution is 2.28. The number of para-hydroxylation sites is 2. The van der Waals surface area contributed by atoms with Crippen molar-refractivity contribution in [3.05, 3.63) is 71.6 Å². The molecule has 0 unspecified atom stereocenters. The predicted molar refractivity (Wildman–Crippen MR) is 130 cm³/mol. The molecule has 0 saturated carbocycles. The van der Waals surface area contributed by atoms with Crippen molar-refractivity contribution in [2.75, 3.05) is 12.3 Å². The van der Waals surface area contributed by atoms with Gasteiger partial charge in [0.05, 0.1) is 17.2 Å². The van der Waals surface area contributed by atoms with Crippen molar-refractivity contribution in [3.63, 3.8) is 0 Å². The first-order chi connectivity index (χ1) is 16.2. The van der Waals surface area contributed by atoms with Gasteiger partial charge < -0.3 is 11.1 Å².